The number of nitrogens with one attached hydrogen (secondary N) is 2. The Morgan fingerprint density at radius 2 is 2.06 bits per heavy atom. The maximum atomic E-state index is 11.8. The van der Waals surface area contributed by atoms with Crippen LogP contribution in [0.1, 0.15) is 13.8 Å². The van der Waals surface area contributed by atoms with Crippen molar-refractivity contribution in [3.63, 3.8) is 0 Å². The van der Waals surface area contributed by atoms with E-state index in [1.165, 1.54) is 0 Å². The molecule has 2 amide bonds. The van der Waals surface area contributed by atoms with Gasteiger partial charge in [-0.05, 0) is 13.8 Å². The molecule has 0 aromatic rings. The van der Waals surface area contributed by atoms with E-state index in [0.29, 0.717) is 6.61 Å². The summed E-state index contributed by atoms with van der Waals surface area (Å²) in [5, 5.41) is 3.98. The van der Waals surface area contributed by atoms with Crippen molar-refractivity contribution in [2.75, 3.05) is 19.7 Å². The van der Waals surface area contributed by atoms with Crippen molar-refractivity contribution in [1.29, 1.82) is 0 Å². The van der Waals surface area contributed by atoms with Gasteiger partial charge >= 0.3 is 12.2 Å². The number of rotatable bonds is 3. The molecule has 0 bridgehead atoms. The van der Waals surface area contributed by atoms with Crippen molar-refractivity contribution in [2.24, 2.45) is 0 Å². The molecule has 1 aliphatic heterocycles. The van der Waals surface area contributed by atoms with E-state index in [9.17, 15) is 18.0 Å². The number of alkyl halides is 3. The summed E-state index contributed by atoms with van der Waals surface area (Å²) in [7, 11) is 0. The van der Waals surface area contributed by atoms with Gasteiger partial charge in [0.25, 0.3) is 0 Å². The van der Waals surface area contributed by atoms with Crippen LogP contribution in [0.2, 0.25) is 0 Å². The molecule has 0 spiro atoms. The van der Waals surface area contributed by atoms with Gasteiger partial charge in [0.2, 0.25) is 0 Å². The minimum atomic E-state index is -4.41. The number of hydrogen-bond donors (Lipinski definition) is 2. The summed E-state index contributed by atoms with van der Waals surface area (Å²) in [6.07, 6.45) is -4.76. The lowest BCUT2D eigenvalue weighted by molar-refractivity contribution is -0.137. The predicted octanol–water partition coefficient (Wildman–Crippen LogP) is 0.999. The highest BCUT2D eigenvalue weighted by molar-refractivity contribution is 5.73. The fraction of sp³-hybridized carbons (Fsp3) is 0.889. The molecule has 0 aromatic heterocycles. The number of urea groups is 1. The lowest BCUT2D eigenvalue weighted by atomic mass is 10.4. The first-order chi connectivity index (χ1) is 7.68. The molecular formula is C9H15F3N2O3. The van der Waals surface area contributed by atoms with E-state index in [0.717, 1.165) is 0 Å². The zero-order chi connectivity index (χ0) is 13.1. The van der Waals surface area contributed by atoms with E-state index in [-0.39, 0.29) is 12.6 Å². The molecule has 1 saturated heterocycles. The third-order valence-corrected chi connectivity index (χ3v) is 2.01. The first kappa shape index (κ1) is 14.0. The molecule has 1 unspecified atom stereocenters. The van der Waals surface area contributed by atoms with Crippen LogP contribution < -0.4 is 10.6 Å². The van der Waals surface area contributed by atoms with Crippen LogP contribution in [0.15, 0.2) is 0 Å². The van der Waals surface area contributed by atoms with Crippen molar-refractivity contribution < 1.29 is 27.4 Å². The monoisotopic (exact) mass is 256 g/mol. The molecular weight excluding hydrogens is 241 g/mol. The highest BCUT2D eigenvalue weighted by Gasteiger charge is 2.33. The van der Waals surface area contributed by atoms with Crippen molar-refractivity contribution in [3.8, 4) is 0 Å². The van der Waals surface area contributed by atoms with Crippen molar-refractivity contribution in [2.45, 2.75) is 31.9 Å². The van der Waals surface area contributed by atoms with Crippen molar-refractivity contribution >= 4 is 6.03 Å². The highest BCUT2D eigenvalue weighted by atomic mass is 19.4. The maximum absolute atomic E-state index is 11.8. The number of halogens is 3. The summed E-state index contributed by atoms with van der Waals surface area (Å²) in [6, 6.07) is -0.879. The van der Waals surface area contributed by atoms with Crippen molar-refractivity contribution in [1.82, 2.24) is 10.6 Å². The summed E-state index contributed by atoms with van der Waals surface area (Å²) in [6.45, 7) is 2.49. The van der Waals surface area contributed by atoms with E-state index in [4.69, 9.17) is 9.47 Å². The van der Waals surface area contributed by atoms with Crippen LogP contribution in [-0.4, -0.2) is 43.8 Å². The highest BCUT2D eigenvalue weighted by Crippen LogP contribution is 2.21. The van der Waals surface area contributed by atoms with Crippen LogP contribution in [0.5, 0.6) is 0 Å². The fourth-order valence-electron chi connectivity index (χ4n) is 1.31. The summed E-state index contributed by atoms with van der Waals surface area (Å²) in [5.74, 6) is -0.713. The van der Waals surface area contributed by atoms with Gasteiger partial charge in [0, 0.05) is 6.54 Å². The first-order valence-electron chi connectivity index (χ1n) is 5.08. The van der Waals surface area contributed by atoms with E-state index in [2.05, 4.69) is 5.32 Å². The second-order valence-electron chi connectivity index (χ2n) is 4.13. The van der Waals surface area contributed by atoms with Gasteiger partial charge in [0.1, 0.15) is 12.6 Å². The standard InChI is InChI=1S/C9H15F3N2O3/c1-8(2)16-4-6(17-8)3-13-7(15)14-5-9(10,11)12/h6H,3-5H2,1-2H3,(H2,13,14,15). The Hall–Kier alpha value is -1.02. The van der Waals surface area contributed by atoms with Gasteiger partial charge in [0.05, 0.1) is 6.61 Å². The quantitative estimate of drug-likeness (QED) is 0.792. The summed E-state index contributed by atoms with van der Waals surface area (Å²) < 4.78 is 45.9. The van der Waals surface area contributed by atoms with Crippen LogP contribution in [0.3, 0.4) is 0 Å². The number of amides is 2. The zero-order valence-corrected chi connectivity index (χ0v) is 9.56. The van der Waals surface area contributed by atoms with Gasteiger partial charge in [0.15, 0.2) is 5.79 Å². The summed E-state index contributed by atoms with van der Waals surface area (Å²) >= 11 is 0. The SMILES string of the molecule is CC1(C)OCC(CNC(=O)NCC(F)(F)F)O1. The molecule has 1 heterocycles. The van der Waals surface area contributed by atoms with Crippen LogP contribution in [0.4, 0.5) is 18.0 Å². The van der Waals surface area contributed by atoms with Gasteiger partial charge in [-0.15, -0.1) is 0 Å². The Morgan fingerprint density at radius 3 is 2.53 bits per heavy atom. The fourth-order valence-corrected chi connectivity index (χ4v) is 1.31. The Balaban J connectivity index is 2.17. The van der Waals surface area contributed by atoms with E-state index in [1.807, 2.05) is 0 Å². The third-order valence-electron chi connectivity index (χ3n) is 2.01. The third kappa shape index (κ3) is 5.73. The Morgan fingerprint density at radius 1 is 1.41 bits per heavy atom. The number of hydrogen-bond acceptors (Lipinski definition) is 3. The predicted molar refractivity (Wildman–Crippen MR) is 52.4 cm³/mol. The van der Waals surface area contributed by atoms with Crippen LogP contribution in [-0.2, 0) is 9.47 Å². The molecule has 5 nitrogen and oxygen atoms in total. The largest absolute Gasteiger partial charge is 0.405 e. The van der Waals surface area contributed by atoms with Crippen LogP contribution in [0, 0.1) is 0 Å². The molecule has 1 rings (SSSR count). The minimum Gasteiger partial charge on any atom is -0.348 e. The van der Waals surface area contributed by atoms with Crippen LogP contribution >= 0.6 is 0 Å². The average molecular weight is 256 g/mol. The molecule has 2 N–H and O–H groups in total. The Bertz CT molecular complexity index is 281. The van der Waals surface area contributed by atoms with Gasteiger partial charge in [-0.3, -0.25) is 0 Å². The second-order valence-corrected chi connectivity index (χ2v) is 4.13. The summed E-state index contributed by atoms with van der Waals surface area (Å²) in [5.41, 5.74) is 0. The van der Waals surface area contributed by atoms with E-state index in [1.54, 1.807) is 19.2 Å². The number of carbonyl (C=O) groups excluding carboxylic acids is 1. The Labute approximate surface area is 96.6 Å². The molecule has 0 aliphatic carbocycles. The molecule has 0 aromatic carbocycles. The van der Waals surface area contributed by atoms with Gasteiger partial charge in [-0.1, -0.05) is 0 Å². The smallest absolute Gasteiger partial charge is 0.348 e. The van der Waals surface area contributed by atoms with Gasteiger partial charge in [-0.25, -0.2) is 4.79 Å². The lowest BCUT2D eigenvalue weighted by Crippen LogP contribution is -2.44. The van der Waals surface area contributed by atoms with Gasteiger partial charge < -0.3 is 20.1 Å². The molecule has 1 atom stereocenters. The topological polar surface area (TPSA) is 59.6 Å². The van der Waals surface area contributed by atoms with E-state index < -0.39 is 24.5 Å². The molecule has 100 valence electrons. The minimum absolute atomic E-state index is 0.104. The lowest BCUT2D eigenvalue weighted by Gasteiger charge is -2.17. The van der Waals surface area contributed by atoms with Crippen molar-refractivity contribution in [3.05, 3.63) is 0 Å². The maximum Gasteiger partial charge on any atom is 0.405 e. The Kier molecular flexibility index (Phi) is 4.21. The molecule has 1 fully saturated rings. The van der Waals surface area contributed by atoms with E-state index >= 15 is 0 Å². The first-order valence-corrected chi connectivity index (χ1v) is 5.08. The van der Waals surface area contributed by atoms with Crippen LogP contribution in [0.25, 0.3) is 0 Å². The number of ether oxygens (including phenoxy) is 2. The molecule has 0 radical (unpaired) electrons. The zero-order valence-electron chi connectivity index (χ0n) is 9.56. The molecule has 0 saturated carbocycles. The molecule has 1 aliphatic rings. The summed E-state index contributed by atoms with van der Waals surface area (Å²) in [4.78, 5) is 11.0. The number of carbonyl (C=O) groups is 1. The van der Waals surface area contributed by atoms with Gasteiger partial charge in [-0.2, -0.15) is 13.2 Å². The normalized spacial score (nSPS) is 23.5. The second kappa shape index (κ2) is 5.09. The molecule has 17 heavy (non-hydrogen) atoms. The molecule has 8 heteroatoms. The average Bonchev–Trinajstić information content (AvgIpc) is 2.51.